The van der Waals surface area contributed by atoms with E-state index in [1.165, 1.54) is 0 Å². The van der Waals surface area contributed by atoms with E-state index in [4.69, 9.17) is 0 Å². The first kappa shape index (κ1) is 8.31. The molecule has 1 fully saturated rings. The van der Waals surface area contributed by atoms with Crippen LogP contribution in [0.3, 0.4) is 0 Å². The summed E-state index contributed by atoms with van der Waals surface area (Å²) in [5.41, 5.74) is 0. The van der Waals surface area contributed by atoms with E-state index in [0.717, 1.165) is 6.42 Å². The van der Waals surface area contributed by atoms with E-state index in [9.17, 15) is 4.79 Å². The first-order chi connectivity index (χ1) is 5.16. The van der Waals surface area contributed by atoms with Gasteiger partial charge in [-0.1, -0.05) is 6.08 Å². The Labute approximate surface area is 67.9 Å². The number of carbonyl (C=O) groups is 1. The van der Waals surface area contributed by atoms with Gasteiger partial charge in [0.05, 0.1) is 0 Å². The third-order valence-corrected chi connectivity index (χ3v) is 2.20. The Morgan fingerprint density at radius 1 is 1.45 bits per heavy atom. The highest BCUT2D eigenvalue weighted by atomic mass is 16.2. The zero-order chi connectivity index (χ0) is 8.43. The van der Waals surface area contributed by atoms with Crippen molar-refractivity contribution in [3.05, 3.63) is 12.2 Å². The molecule has 0 radical (unpaired) electrons. The standard InChI is InChI=1S/C9H15NO/c1-4-5-9(11)10-7(2)6-8(10)3/h4-5,7-8H,6H2,1-3H3/b5-4+. The lowest BCUT2D eigenvalue weighted by Gasteiger charge is -2.44. The molecule has 0 bridgehead atoms. The molecule has 0 aromatic carbocycles. The number of hydrogen-bond acceptors (Lipinski definition) is 1. The minimum absolute atomic E-state index is 0.152. The Balaban J connectivity index is 2.53. The zero-order valence-electron chi connectivity index (χ0n) is 7.37. The van der Waals surface area contributed by atoms with Crippen molar-refractivity contribution < 1.29 is 4.79 Å². The molecule has 2 unspecified atom stereocenters. The zero-order valence-corrected chi connectivity index (χ0v) is 7.37. The minimum Gasteiger partial charge on any atom is -0.334 e. The van der Waals surface area contributed by atoms with Crippen LogP contribution >= 0.6 is 0 Å². The lowest BCUT2D eigenvalue weighted by atomic mass is 9.96. The molecule has 1 saturated heterocycles. The van der Waals surface area contributed by atoms with Crippen LogP contribution in [0.2, 0.25) is 0 Å². The molecule has 2 nitrogen and oxygen atoms in total. The molecule has 0 spiro atoms. The molecule has 1 aliphatic heterocycles. The van der Waals surface area contributed by atoms with Gasteiger partial charge in [0, 0.05) is 12.1 Å². The monoisotopic (exact) mass is 153 g/mol. The molecule has 0 aromatic rings. The van der Waals surface area contributed by atoms with Gasteiger partial charge >= 0.3 is 0 Å². The predicted octanol–water partition coefficient (Wildman–Crippen LogP) is 1.57. The molecular weight excluding hydrogens is 138 g/mol. The summed E-state index contributed by atoms with van der Waals surface area (Å²) in [6.45, 7) is 6.04. The van der Waals surface area contributed by atoms with E-state index in [0.29, 0.717) is 12.1 Å². The van der Waals surface area contributed by atoms with E-state index < -0.39 is 0 Å². The Hall–Kier alpha value is -0.790. The summed E-state index contributed by atoms with van der Waals surface area (Å²) >= 11 is 0. The maximum Gasteiger partial charge on any atom is 0.246 e. The van der Waals surface area contributed by atoms with Crippen molar-refractivity contribution in [3.8, 4) is 0 Å². The Kier molecular flexibility index (Phi) is 2.32. The largest absolute Gasteiger partial charge is 0.334 e. The van der Waals surface area contributed by atoms with Gasteiger partial charge in [-0.3, -0.25) is 4.79 Å². The molecule has 62 valence electrons. The van der Waals surface area contributed by atoms with Gasteiger partial charge < -0.3 is 4.90 Å². The Morgan fingerprint density at radius 3 is 2.36 bits per heavy atom. The Bertz CT molecular complexity index is 178. The highest BCUT2D eigenvalue weighted by Gasteiger charge is 2.33. The van der Waals surface area contributed by atoms with Gasteiger partial charge in [-0.15, -0.1) is 0 Å². The van der Waals surface area contributed by atoms with Crippen LogP contribution in [0.25, 0.3) is 0 Å². The van der Waals surface area contributed by atoms with Crippen molar-refractivity contribution in [3.63, 3.8) is 0 Å². The maximum absolute atomic E-state index is 11.3. The van der Waals surface area contributed by atoms with Gasteiger partial charge in [0.15, 0.2) is 0 Å². The molecule has 2 atom stereocenters. The molecule has 0 aliphatic carbocycles. The van der Waals surface area contributed by atoms with Crippen molar-refractivity contribution in [1.82, 2.24) is 4.90 Å². The van der Waals surface area contributed by atoms with Gasteiger partial charge in [-0.2, -0.15) is 0 Å². The SMILES string of the molecule is C/C=C/C(=O)N1C(C)CC1C. The number of hydrogen-bond donors (Lipinski definition) is 0. The number of nitrogens with zero attached hydrogens (tertiary/aromatic N) is 1. The molecule has 11 heavy (non-hydrogen) atoms. The molecular formula is C9H15NO. The smallest absolute Gasteiger partial charge is 0.246 e. The molecule has 1 aliphatic rings. The summed E-state index contributed by atoms with van der Waals surface area (Å²) < 4.78 is 0. The van der Waals surface area contributed by atoms with E-state index in [-0.39, 0.29) is 5.91 Å². The predicted molar refractivity (Wildman–Crippen MR) is 45.2 cm³/mol. The summed E-state index contributed by atoms with van der Waals surface area (Å²) in [6.07, 6.45) is 4.57. The van der Waals surface area contributed by atoms with Crippen LogP contribution in [0.15, 0.2) is 12.2 Å². The van der Waals surface area contributed by atoms with Crippen molar-refractivity contribution in [2.24, 2.45) is 0 Å². The lowest BCUT2D eigenvalue weighted by Crippen LogP contribution is -2.55. The van der Waals surface area contributed by atoms with Crippen molar-refractivity contribution in [1.29, 1.82) is 0 Å². The molecule has 1 amide bonds. The number of likely N-dealkylation sites (tertiary alicyclic amines) is 1. The molecule has 0 N–H and O–H groups in total. The number of amides is 1. The van der Waals surface area contributed by atoms with Crippen LogP contribution in [0.1, 0.15) is 27.2 Å². The third kappa shape index (κ3) is 1.44. The second-order valence-corrected chi connectivity index (χ2v) is 3.18. The summed E-state index contributed by atoms with van der Waals surface area (Å²) in [6, 6.07) is 0.877. The van der Waals surface area contributed by atoms with Crippen molar-refractivity contribution in [2.45, 2.75) is 39.3 Å². The topological polar surface area (TPSA) is 20.3 Å². The summed E-state index contributed by atoms with van der Waals surface area (Å²) in [4.78, 5) is 13.2. The quantitative estimate of drug-likeness (QED) is 0.524. The molecule has 1 rings (SSSR count). The minimum atomic E-state index is 0.152. The summed E-state index contributed by atoms with van der Waals surface area (Å²) in [5.74, 6) is 0.152. The highest BCUT2D eigenvalue weighted by Crippen LogP contribution is 2.24. The van der Waals surface area contributed by atoms with Crippen LogP contribution in [-0.2, 0) is 4.79 Å². The number of allylic oxidation sites excluding steroid dienone is 1. The molecule has 0 aromatic heterocycles. The molecule has 2 heteroatoms. The Morgan fingerprint density at radius 2 is 2.00 bits per heavy atom. The van der Waals surface area contributed by atoms with Crippen LogP contribution < -0.4 is 0 Å². The average Bonchev–Trinajstić information content (AvgIpc) is 1.87. The van der Waals surface area contributed by atoms with E-state index >= 15 is 0 Å². The molecule has 1 heterocycles. The van der Waals surface area contributed by atoms with Gasteiger partial charge in [-0.25, -0.2) is 0 Å². The van der Waals surface area contributed by atoms with Crippen molar-refractivity contribution >= 4 is 5.91 Å². The maximum atomic E-state index is 11.3. The van der Waals surface area contributed by atoms with Crippen LogP contribution in [0, 0.1) is 0 Å². The second kappa shape index (κ2) is 3.07. The first-order valence-corrected chi connectivity index (χ1v) is 4.11. The van der Waals surface area contributed by atoms with Gasteiger partial charge in [-0.05, 0) is 33.3 Å². The fraction of sp³-hybridized carbons (Fsp3) is 0.667. The van der Waals surface area contributed by atoms with E-state index in [1.807, 2.05) is 11.8 Å². The van der Waals surface area contributed by atoms with Crippen molar-refractivity contribution in [2.75, 3.05) is 0 Å². The van der Waals surface area contributed by atoms with Crippen LogP contribution in [-0.4, -0.2) is 22.9 Å². The number of rotatable bonds is 1. The summed E-state index contributed by atoms with van der Waals surface area (Å²) in [5, 5.41) is 0. The van der Waals surface area contributed by atoms with Gasteiger partial charge in [0.1, 0.15) is 0 Å². The van der Waals surface area contributed by atoms with Crippen LogP contribution in [0.4, 0.5) is 0 Å². The van der Waals surface area contributed by atoms with Gasteiger partial charge in [0.25, 0.3) is 0 Å². The van der Waals surface area contributed by atoms with Gasteiger partial charge in [0.2, 0.25) is 5.91 Å². The first-order valence-electron chi connectivity index (χ1n) is 4.11. The third-order valence-electron chi connectivity index (χ3n) is 2.20. The summed E-state index contributed by atoms with van der Waals surface area (Å²) in [7, 11) is 0. The van der Waals surface area contributed by atoms with Crippen LogP contribution in [0.5, 0.6) is 0 Å². The normalized spacial score (nSPS) is 30.6. The van der Waals surface area contributed by atoms with E-state index in [1.54, 1.807) is 12.2 Å². The fourth-order valence-corrected chi connectivity index (χ4v) is 1.68. The number of carbonyl (C=O) groups excluding carboxylic acids is 1. The fourth-order valence-electron chi connectivity index (χ4n) is 1.68. The van der Waals surface area contributed by atoms with E-state index in [2.05, 4.69) is 13.8 Å². The second-order valence-electron chi connectivity index (χ2n) is 3.18. The average molecular weight is 153 g/mol. The molecule has 0 saturated carbocycles. The highest BCUT2D eigenvalue weighted by molar-refractivity contribution is 5.88. The lowest BCUT2D eigenvalue weighted by molar-refractivity contribution is -0.137.